The lowest BCUT2D eigenvalue weighted by atomic mass is 10.1. The van der Waals surface area contributed by atoms with E-state index in [9.17, 15) is 14.0 Å². The van der Waals surface area contributed by atoms with Gasteiger partial charge in [0.05, 0.1) is 5.69 Å². The predicted octanol–water partition coefficient (Wildman–Crippen LogP) is 2.33. The molecule has 0 saturated heterocycles. The topological polar surface area (TPSA) is 44.0 Å². The van der Waals surface area contributed by atoms with Gasteiger partial charge in [-0.15, -0.1) is 0 Å². The van der Waals surface area contributed by atoms with E-state index in [0.29, 0.717) is 18.2 Å². The Morgan fingerprint density at radius 1 is 1.10 bits per heavy atom. The van der Waals surface area contributed by atoms with Crippen molar-refractivity contribution in [2.45, 2.75) is 32.2 Å². The van der Waals surface area contributed by atoms with Gasteiger partial charge >= 0.3 is 11.1 Å². The van der Waals surface area contributed by atoms with Crippen LogP contribution in [0.2, 0.25) is 0 Å². The molecule has 0 aliphatic heterocycles. The van der Waals surface area contributed by atoms with Crippen LogP contribution < -0.4 is 11.1 Å². The van der Waals surface area contributed by atoms with Crippen molar-refractivity contribution in [3.8, 4) is 5.69 Å². The third kappa shape index (κ3) is 2.82. The van der Waals surface area contributed by atoms with Crippen LogP contribution in [0.4, 0.5) is 4.39 Å². The van der Waals surface area contributed by atoms with Crippen molar-refractivity contribution >= 4 is 0 Å². The third-order valence-corrected chi connectivity index (χ3v) is 4.07. The zero-order chi connectivity index (χ0) is 14.8. The van der Waals surface area contributed by atoms with Crippen molar-refractivity contribution in [2.75, 3.05) is 0 Å². The highest BCUT2D eigenvalue weighted by molar-refractivity contribution is 5.31. The van der Waals surface area contributed by atoms with Crippen LogP contribution in [-0.4, -0.2) is 9.13 Å². The van der Waals surface area contributed by atoms with Gasteiger partial charge in [-0.2, -0.15) is 0 Å². The Kier molecular flexibility index (Phi) is 3.73. The molecule has 1 aromatic heterocycles. The molecule has 3 rings (SSSR count). The van der Waals surface area contributed by atoms with Gasteiger partial charge in [0.25, 0.3) is 0 Å². The number of hydrogen-bond donors (Lipinski definition) is 0. The fourth-order valence-corrected chi connectivity index (χ4v) is 2.95. The molecule has 0 N–H and O–H groups in total. The molecule has 0 unspecified atom stereocenters. The molecule has 21 heavy (non-hydrogen) atoms. The summed E-state index contributed by atoms with van der Waals surface area (Å²) in [7, 11) is 0. The summed E-state index contributed by atoms with van der Waals surface area (Å²) in [6, 6.07) is 5.66. The molecule has 1 heterocycles. The van der Waals surface area contributed by atoms with Gasteiger partial charge in [-0.1, -0.05) is 18.9 Å². The first kappa shape index (κ1) is 13.8. The summed E-state index contributed by atoms with van der Waals surface area (Å²) in [6.45, 7) is 0.595. The van der Waals surface area contributed by atoms with Gasteiger partial charge in [0.2, 0.25) is 0 Å². The van der Waals surface area contributed by atoms with Crippen LogP contribution in [0.3, 0.4) is 0 Å². The molecule has 0 amide bonds. The molecule has 0 atom stereocenters. The molecule has 0 spiro atoms. The lowest BCUT2D eigenvalue weighted by Gasteiger charge is -2.12. The predicted molar refractivity (Wildman–Crippen MR) is 78.2 cm³/mol. The average molecular weight is 288 g/mol. The number of benzene rings is 1. The average Bonchev–Trinajstić information content (AvgIpc) is 2.97. The normalized spacial score (nSPS) is 15.5. The maximum Gasteiger partial charge on any atom is 0.320 e. The van der Waals surface area contributed by atoms with Crippen LogP contribution in [0.1, 0.15) is 25.7 Å². The fourth-order valence-electron chi connectivity index (χ4n) is 2.95. The van der Waals surface area contributed by atoms with E-state index in [1.54, 1.807) is 12.3 Å². The Balaban J connectivity index is 1.96. The quantitative estimate of drug-likeness (QED) is 0.814. The summed E-state index contributed by atoms with van der Waals surface area (Å²) < 4.78 is 15.9. The van der Waals surface area contributed by atoms with Gasteiger partial charge in [-0.3, -0.25) is 14.2 Å². The summed E-state index contributed by atoms with van der Waals surface area (Å²) >= 11 is 0. The van der Waals surface area contributed by atoms with Crippen LogP contribution in [-0.2, 0) is 6.54 Å². The molecule has 5 heteroatoms. The van der Waals surface area contributed by atoms with E-state index in [0.717, 1.165) is 12.8 Å². The van der Waals surface area contributed by atoms with E-state index in [-0.39, 0.29) is 0 Å². The Bertz CT molecular complexity index is 757. The Morgan fingerprint density at radius 3 is 2.57 bits per heavy atom. The van der Waals surface area contributed by atoms with Crippen molar-refractivity contribution in [3.63, 3.8) is 0 Å². The van der Waals surface area contributed by atoms with Crippen LogP contribution in [0.25, 0.3) is 5.69 Å². The molecule has 0 radical (unpaired) electrons. The number of hydrogen-bond acceptors (Lipinski definition) is 2. The molecule has 0 bridgehead atoms. The summed E-state index contributed by atoms with van der Waals surface area (Å²) in [5.74, 6) is 0.0432. The SMILES string of the molecule is O=c1c(=O)n(-c2cccc(F)c2)ccn1CC1CCCC1. The van der Waals surface area contributed by atoms with Crippen LogP contribution in [0.5, 0.6) is 0 Å². The maximum absolute atomic E-state index is 13.2. The van der Waals surface area contributed by atoms with Gasteiger partial charge in [-0.25, -0.2) is 4.39 Å². The number of rotatable bonds is 3. The zero-order valence-electron chi connectivity index (χ0n) is 11.7. The van der Waals surface area contributed by atoms with E-state index in [2.05, 4.69) is 0 Å². The number of aromatic nitrogens is 2. The standard InChI is InChI=1S/C16H17FN2O2/c17-13-6-3-7-14(10-13)19-9-8-18(15(20)16(19)21)11-12-4-1-2-5-12/h3,6-10,12H,1-2,4-5,11H2. The zero-order valence-corrected chi connectivity index (χ0v) is 11.7. The first-order chi connectivity index (χ1) is 10.1. The molecule has 4 nitrogen and oxygen atoms in total. The molecule has 2 aromatic rings. The van der Waals surface area contributed by atoms with E-state index >= 15 is 0 Å². The Labute approximate surface area is 121 Å². The minimum atomic E-state index is -0.638. The second kappa shape index (κ2) is 5.68. The number of halogens is 1. The molecule has 1 aliphatic carbocycles. The van der Waals surface area contributed by atoms with Gasteiger partial charge in [-0.05, 0) is 37.0 Å². The Hall–Kier alpha value is -2.17. The van der Waals surface area contributed by atoms with E-state index in [1.807, 2.05) is 0 Å². The molecular weight excluding hydrogens is 271 g/mol. The van der Waals surface area contributed by atoms with Gasteiger partial charge in [0.1, 0.15) is 5.82 Å². The van der Waals surface area contributed by atoms with Crippen molar-refractivity contribution in [2.24, 2.45) is 5.92 Å². The highest BCUT2D eigenvalue weighted by Crippen LogP contribution is 2.25. The second-order valence-electron chi connectivity index (χ2n) is 5.56. The summed E-state index contributed by atoms with van der Waals surface area (Å²) in [4.78, 5) is 24.4. The van der Waals surface area contributed by atoms with E-state index in [4.69, 9.17) is 0 Å². The van der Waals surface area contributed by atoms with Gasteiger partial charge < -0.3 is 4.57 Å². The fraction of sp³-hybridized carbons (Fsp3) is 0.375. The summed E-state index contributed by atoms with van der Waals surface area (Å²) in [5.41, 5.74) is -0.820. The number of nitrogens with zero attached hydrogens (tertiary/aromatic N) is 2. The van der Waals surface area contributed by atoms with Crippen LogP contribution >= 0.6 is 0 Å². The highest BCUT2D eigenvalue weighted by atomic mass is 19.1. The molecule has 1 saturated carbocycles. The molecular formula is C16H17FN2O2. The highest BCUT2D eigenvalue weighted by Gasteiger charge is 2.17. The van der Waals surface area contributed by atoms with Crippen LogP contribution in [0, 0.1) is 11.7 Å². The van der Waals surface area contributed by atoms with Gasteiger partial charge in [0.15, 0.2) is 0 Å². The largest absolute Gasteiger partial charge is 0.320 e. The molecule has 1 aromatic carbocycles. The lowest BCUT2D eigenvalue weighted by Crippen LogP contribution is -2.40. The summed E-state index contributed by atoms with van der Waals surface area (Å²) in [6.07, 6.45) is 7.76. The molecule has 110 valence electrons. The third-order valence-electron chi connectivity index (χ3n) is 4.07. The van der Waals surface area contributed by atoms with Crippen molar-refractivity contribution in [1.82, 2.24) is 9.13 Å². The molecule has 1 aliphatic rings. The Morgan fingerprint density at radius 2 is 1.86 bits per heavy atom. The minimum Gasteiger partial charge on any atom is -0.309 e. The molecule has 1 fully saturated rings. The summed E-state index contributed by atoms with van der Waals surface area (Å²) in [5, 5.41) is 0. The minimum absolute atomic E-state index is 0.366. The lowest BCUT2D eigenvalue weighted by molar-refractivity contribution is 0.444. The van der Waals surface area contributed by atoms with Gasteiger partial charge in [0, 0.05) is 18.9 Å². The van der Waals surface area contributed by atoms with Crippen molar-refractivity contribution in [1.29, 1.82) is 0 Å². The second-order valence-corrected chi connectivity index (χ2v) is 5.56. The smallest absolute Gasteiger partial charge is 0.309 e. The van der Waals surface area contributed by atoms with Crippen LogP contribution in [0.15, 0.2) is 46.2 Å². The van der Waals surface area contributed by atoms with Crippen molar-refractivity contribution < 1.29 is 4.39 Å². The maximum atomic E-state index is 13.2. The first-order valence-electron chi connectivity index (χ1n) is 7.23. The van der Waals surface area contributed by atoms with Crippen molar-refractivity contribution in [3.05, 3.63) is 63.2 Å². The van der Waals surface area contributed by atoms with E-state index in [1.165, 1.54) is 46.4 Å². The monoisotopic (exact) mass is 288 g/mol. The first-order valence-corrected chi connectivity index (χ1v) is 7.23. The van der Waals surface area contributed by atoms with E-state index < -0.39 is 16.9 Å².